The number of carbonyl (C=O) groups is 1. The van der Waals surface area contributed by atoms with Crippen LogP contribution < -0.4 is 0 Å². The molecule has 2 saturated carbocycles. The van der Waals surface area contributed by atoms with E-state index >= 15 is 0 Å². The molecule has 0 unspecified atom stereocenters. The highest BCUT2D eigenvalue weighted by molar-refractivity contribution is 5.98. The van der Waals surface area contributed by atoms with Crippen molar-refractivity contribution in [3.05, 3.63) is 23.8 Å². The van der Waals surface area contributed by atoms with Gasteiger partial charge in [0.25, 0.3) is 0 Å². The molecule has 33 heavy (non-hydrogen) atoms. The zero-order chi connectivity index (χ0) is 23.6. The number of hydrogen-bond acceptors (Lipinski definition) is 5. The van der Waals surface area contributed by atoms with Crippen LogP contribution >= 0.6 is 0 Å². The summed E-state index contributed by atoms with van der Waals surface area (Å²) >= 11 is 0. The molecule has 182 valence electrons. The average Bonchev–Trinajstić information content (AvgIpc) is 3.24. The zero-order valence-corrected chi connectivity index (χ0v) is 20.8. The van der Waals surface area contributed by atoms with Crippen molar-refractivity contribution in [2.45, 2.75) is 109 Å². The SMILES string of the molecule is C[C@H]([C@H]1C[C@]2(C)O[C@@]2(C)[C@H](O)O1)[C@@]1(O)CC[C@H]2[C@@H]3CC=C4CC=CC(=O)[C@]4(C)[C@H]3CC[C@@]21C. The average molecular weight is 457 g/mol. The van der Waals surface area contributed by atoms with Crippen LogP contribution in [0.3, 0.4) is 0 Å². The maximum atomic E-state index is 13.1. The summed E-state index contributed by atoms with van der Waals surface area (Å²) in [7, 11) is 0. The Bertz CT molecular complexity index is 956. The van der Waals surface area contributed by atoms with Gasteiger partial charge in [-0.2, -0.15) is 0 Å². The molecule has 2 aliphatic heterocycles. The van der Waals surface area contributed by atoms with E-state index in [-0.39, 0.29) is 34.2 Å². The fraction of sp³-hybridized carbons (Fsp3) is 0.821. The van der Waals surface area contributed by atoms with Crippen molar-refractivity contribution in [3.63, 3.8) is 0 Å². The van der Waals surface area contributed by atoms with Gasteiger partial charge >= 0.3 is 0 Å². The van der Waals surface area contributed by atoms with Crippen molar-refractivity contribution in [2.24, 2.45) is 34.5 Å². The number of aliphatic hydroxyl groups is 2. The predicted molar refractivity (Wildman–Crippen MR) is 124 cm³/mol. The Morgan fingerprint density at radius 3 is 2.58 bits per heavy atom. The van der Waals surface area contributed by atoms with Gasteiger partial charge in [0.1, 0.15) is 11.2 Å². The molecule has 4 aliphatic carbocycles. The van der Waals surface area contributed by atoms with Crippen LogP contribution in [0.5, 0.6) is 0 Å². The predicted octanol–water partition coefficient (Wildman–Crippen LogP) is 4.32. The molecule has 5 nitrogen and oxygen atoms in total. The monoisotopic (exact) mass is 456 g/mol. The number of hydrogen-bond donors (Lipinski definition) is 2. The normalized spacial score (nSPS) is 58.0. The first kappa shape index (κ1) is 22.5. The van der Waals surface area contributed by atoms with Gasteiger partial charge in [-0.25, -0.2) is 0 Å². The second kappa shape index (κ2) is 6.60. The van der Waals surface area contributed by atoms with Crippen LogP contribution in [0.2, 0.25) is 0 Å². The molecule has 0 aromatic carbocycles. The third-order valence-corrected chi connectivity index (χ3v) is 11.9. The molecule has 0 spiro atoms. The molecule has 2 saturated heterocycles. The lowest BCUT2D eigenvalue weighted by Crippen LogP contribution is -2.60. The van der Waals surface area contributed by atoms with Crippen LogP contribution in [0.15, 0.2) is 23.8 Å². The van der Waals surface area contributed by atoms with E-state index in [1.807, 2.05) is 13.0 Å². The second-order valence-corrected chi connectivity index (χ2v) is 12.9. The van der Waals surface area contributed by atoms with E-state index in [0.29, 0.717) is 24.2 Å². The first-order valence-electron chi connectivity index (χ1n) is 13.1. The minimum absolute atomic E-state index is 0.103. The van der Waals surface area contributed by atoms with Gasteiger partial charge in [0, 0.05) is 12.3 Å². The molecule has 2 N–H and O–H groups in total. The molecular formula is C28H40O5. The quantitative estimate of drug-likeness (QED) is 0.478. The summed E-state index contributed by atoms with van der Waals surface area (Å²) < 4.78 is 12.0. The van der Waals surface area contributed by atoms with Crippen LogP contribution in [0.25, 0.3) is 0 Å². The van der Waals surface area contributed by atoms with Crippen molar-refractivity contribution in [3.8, 4) is 0 Å². The summed E-state index contributed by atoms with van der Waals surface area (Å²) in [6.07, 6.45) is 11.2. The third kappa shape index (κ3) is 2.55. The van der Waals surface area contributed by atoms with E-state index in [1.165, 1.54) is 5.57 Å². The van der Waals surface area contributed by atoms with E-state index in [0.717, 1.165) is 38.5 Å². The number of rotatable bonds is 2. The maximum absolute atomic E-state index is 13.1. The number of aliphatic hydroxyl groups excluding tert-OH is 1. The molecule has 0 bridgehead atoms. The number of fused-ring (bicyclic) bond motifs is 6. The molecule has 0 amide bonds. The van der Waals surface area contributed by atoms with Crippen molar-refractivity contribution in [1.29, 1.82) is 0 Å². The van der Waals surface area contributed by atoms with Crippen LogP contribution in [-0.2, 0) is 14.3 Å². The Morgan fingerprint density at radius 1 is 1.12 bits per heavy atom. The van der Waals surface area contributed by atoms with Crippen LogP contribution in [-0.4, -0.2) is 45.2 Å². The van der Waals surface area contributed by atoms with Crippen molar-refractivity contribution >= 4 is 5.78 Å². The Labute approximate surface area is 197 Å². The molecule has 0 aromatic heterocycles. The van der Waals surface area contributed by atoms with Crippen molar-refractivity contribution in [2.75, 3.05) is 0 Å². The van der Waals surface area contributed by atoms with Crippen LogP contribution in [0.4, 0.5) is 0 Å². The molecule has 6 rings (SSSR count). The molecular weight excluding hydrogens is 416 g/mol. The van der Waals surface area contributed by atoms with E-state index in [9.17, 15) is 15.0 Å². The minimum Gasteiger partial charge on any atom is -0.389 e. The van der Waals surface area contributed by atoms with E-state index < -0.39 is 17.5 Å². The number of allylic oxidation sites excluding steroid dienone is 4. The third-order valence-electron chi connectivity index (χ3n) is 11.9. The van der Waals surface area contributed by atoms with Gasteiger partial charge in [0.05, 0.1) is 17.1 Å². The fourth-order valence-corrected chi connectivity index (χ4v) is 9.29. The van der Waals surface area contributed by atoms with Crippen LogP contribution in [0, 0.1) is 34.5 Å². The molecule has 0 radical (unpaired) electrons. The van der Waals surface area contributed by atoms with Gasteiger partial charge in [-0.1, -0.05) is 31.6 Å². The largest absolute Gasteiger partial charge is 0.389 e. The molecule has 0 aromatic rings. The summed E-state index contributed by atoms with van der Waals surface area (Å²) in [6, 6.07) is 0. The first-order valence-corrected chi connectivity index (χ1v) is 13.1. The topological polar surface area (TPSA) is 79.3 Å². The van der Waals surface area contributed by atoms with Gasteiger partial charge in [-0.05, 0) is 88.5 Å². The second-order valence-electron chi connectivity index (χ2n) is 12.9. The summed E-state index contributed by atoms with van der Waals surface area (Å²) in [5, 5.41) is 23.0. The number of carbonyl (C=O) groups excluding carboxylic acids is 1. The molecule has 5 heteroatoms. The lowest BCUT2D eigenvalue weighted by atomic mass is 9.46. The summed E-state index contributed by atoms with van der Waals surface area (Å²) in [5.74, 6) is 1.35. The van der Waals surface area contributed by atoms with Crippen LogP contribution in [0.1, 0.15) is 79.6 Å². The van der Waals surface area contributed by atoms with Gasteiger partial charge in [0.15, 0.2) is 12.1 Å². The Balaban J connectivity index is 1.29. The first-order chi connectivity index (χ1) is 15.4. The molecule has 6 aliphatic rings. The van der Waals surface area contributed by atoms with E-state index in [4.69, 9.17) is 9.47 Å². The van der Waals surface area contributed by atoms with Crippen molar-refractivity contribution < 1.29 is 24.5 Å². The smallest absolute Gasteiger partial charge is 0.186 e. The fourth-order valence-electron chi connectivity index (χ4n) is 9.29. The number of ketones is 1. The Hall–Kier alpha value is -1.01. The maximum Gasteiger partial charge on any atom is 0.186 e. The summed E-state index contributed by atoms with van der Waals surface area (Å²) in [6.45, 7) is 10.5. The number of ether oxygens (including phenoxy) is 2. The molecule has 4 fully saturated rings. The molecule has 2 heterocycles. The summed E-state index contributed by atoms with van der Waals surface area (Å²) in [5.41, 5.74) is -1.15. The van der Waals surface area contributed by atoms with Crippen molar-refractivity contribution in [1.82, 2.24) is 0 Å². The molecule has 11 atom stereocenters. The highest BCUT2D eigenvalue weighted by Crippen LogP contribution is 2.68. The summed E-state index contributed by atoms with van der Waals surface area (Å²) in [4.78, 5) is 13.1. The van der Waals surface area contributed by atoms with E-state index in [2.05, 4.69) is 33.8 Å². The highest BCUT2D eigenvalue weighted by atomic mass is 16.7. The van der Waals surface area contributed by atoms with Gasteiger partial charge in [0.2, 0.25) is 0 Å². The van der Waals surface area contributed by atoms with Gasteiger partial charge < -0.3 is 19.7 Å². The number of epoxide rings is 1. The van der Waals surface area contributed by atoms with Gasteiger partial charge in [-0.15, -0.1) is 0 Å². The highest BCUT2D eigenvalue weighted by Gasteiger charge is 2.73. The zero-order valence-electron chi connectivity index (χ0n) is 20.8. The van der Waals surface area contributed by atoms with Gasteiger partial charge in [-0.3, -0.25) is 4.79 Å². The van der Waals surface area contributed by atoms with E-state index in [1.54, 1.807) is 6.08 Å². The Morgan fingerprint density at radius 2 is 1.85 bits per heavy atom. The Kier molecular flexibility index (Phi) is 4.49. The lowest BCUT2D eigenvalue weighted by molar-refractivity contribution is -0.231. The standard InChI is InChI=1S/C28H40O5/c1-16(21-15-25(3)27(5,33-25)23(30)32-21)28(31)14-12-19-18-10-9-17-7-6-8-22(29)26(17,4)20(18)11-13-24(19,28)2/h6,8-9,16,18-21,23,30-31H,7,10-15H2,1-5H3/t16-,18+,19+,20+,21-,23-,24+,25+,26+,27+,28+/m1/s1. The lowest BCUT2D eigenvalue weighted by Gasteiger charge is -2.58. The minimum atomic E-state index is -0.958.